The van der Waals surface area contributed by atoms with Gasteiger partial charge in [0, 0.05) is 7.05 Å². The maximum Gasteiger partial charge on any atom is 0.246 e. The van der Waals surface area contributed by atoms with Crippen molar-refractivity contribution in [2.45, 2.75) is 26.2 Å². The van der Waals surface area contributed by atoms with Gasteiger partial charge >= 0.3 is 0 Å². The van der Waals surface area contributed by atoms with Crippen LogP contribution in [0.1, 0.15) is 26.3 Å². The summed E-state index contributed by atoms with van der Waals surface area (Å²) in [7, 11) is 1.83. The maximum absolute atomic E-state index is 11.6. The topological polar surface area (TPSA) is 32.3 Å². The van der Waals surface area contributed by atoms with E-state index in [0.717, 1.165) is 11.4 Å². The van der Waals surface area contributed by atoms with Gasteiger partial charge in [0.2, 0.25) is 5.91 Å². The fourth-order valence-electron chi connectivity index (χ4n) is 2.05. The number of fused-ring (bicyclic) bond motifs is 1. The minimum Gasteiger partial charge on any atom is -0.374 e. The molecular weight excluding hydrogens is 200 g/mol. The summed E-state index contributed by atoms with van der Waals surface area (Å²) in [5.41, 5.74) is 3.41. The Morgan fingerprint density at radius 3 is 2.62 bits per heavy atom. The van der Waals surface area contributed by atoms with Crippen LogP contribution in [0.5, 0.6) is 0 Å². The van der Waals surface area contributed by atoms with Gasteiger partial charge in [-0.3, -0.25) is 4.79 Å². The van der Waals surface area contributed by atoms with Gasteiger partial charge in [0.1, 0.15) is 0 Å². The molecular formula is C13H18N2O. The van der Waals surface area contributed by atoms with Gasteiger partial charge < -0.3 is 10.2 Å². The van der Waals surface area contributed by atoms with Crippen LogP contribution >= 0.6 is 0 Å². The van der Waals surface area contributed by atoms with Gasteiger partial charge in [-0.2, -0.15) is 0 Å². The predicted octanol–water partition coefficient (Wildman–Crippen LogP) is 2.37. The Morgan fingerprint density at radius 2 is 2.00 bits per heavy atom. The molecule has 1 heterocycles. The number of nitrogens with zero attached hydrogens (tertiary/aromatic N) is 1. The van der Waals surface area contributed by atoms with E-state index in [9.17, 15) is 4.79 Å². The highest BCUT2D eigenvalue weighted by Gasteiger charge is 2.26. The molecule has 0 fully saturated rings. The van der Waals surface area contributed by atoms with Crippen molar-refractivity contribution in [1.29, 1.82) is 0 Å². The maximum atomic E-state index is 11.6. The monoisotopic (exact) mass is 218 g/mol. The third kappa shape index (κ3) is 1.66. The van der Waals surface area contributed by atoms with E-state index in [1.54, 1.807) is 4.90 Å². The lowest BCUT2D eigenvalue weighted by Gasteiger charge is -2.32. The van der Waals surface area contributed by atoms with Crippen molar-refractivity contribution < 1.29 is 4.79 Å². The van der Waals surface area contributed by atoms with Gasteiger partial charge in [-0.25, -0.2) is 0 Å². The Labute approximate surface area is 96.5 Å². The molecule has 0 aromatic heterocycles. The van der Waals surface area contributed by atoms with Crippen LogP contribution in [0.2, 0.25) is 0 Å². The van der Waals surface area contributed by atoms with E-state index in [2.05, 4.69) is 32.2 Å². The van der Waals surface area contributed by atoms with Gasteiger partial charge in [-0.05, 0) is 17.0 Å². The summed E-state index contributed by atoms with van der Waals surface area (Å²) in [6.07, 6.45) is 0. The molecule has 0 unspecified atom stereocenters. The molecule has 0 spiro atoms. The number of nitrogens with one attached hydrogen (secondary N) is 1. The highest BCUT2D eigenvalue weighted by molar-refractivity contribution is 6.02. The molecule has 0 aliphatic carbocycles. The lowest BCUT2D eigenvalue weighted by molar-refractivity contribution is -0.116. The summed E-state index contributed by atoms with van der Waals surface area (Å²) in [5, 5.41) is 3.23. The number of hydrogen-bond acceptors (Lipinski definition) is 2. The first-order valence-electron chi connectivity index (χ1n) is 5.55. The number of carbonyl (C=O) groups is 1. The number of amides is 1. The molecule has 16 heavy (non-hydrogen) atoms. The summed E-state index contributed by atoms with van der Waals surface area (Å²) >= 11 is 0. The first-order valence-corrected chi connectivity index (χ1v) is 5.55. The minimum atomic E-state index is 0.0829. The Balaban J connectivity index is 2.57. The minimum absolute atomic E-state index is 0.0829. The molecule has 0 bridgehead atoms. The van der Waals surface area contributed by atoms with Crippen LogP contribution in [0.3, 0.4) is 0 Å². The number of likely N-dealkylation sites (N-methyl/N-ethyl adjacent to an activating group) is 1. The summed E-state index contributed by atoms with van der Waals surface area (Å²) in [5.74, 6) is 0.110. The lowest BCUT2D eigenvalue weighted by Crippen LogP contribution is -2.37. The zero-order valence-corrected chi connectivity index (χ0v) is 10.3. The Morgan fingerprint density at radius 1 is 1.31 bits per heavy atom. The number of benzene rings is 1. The predicted molar refractivity (Wildman–Crippen MR) is 67.0 cm³/mol. The second-order valence-corrected chi connectivity index (χ2v) is 5.26. The van der Waals surface area contributed by atoms with Crippen LogP contribution in [-0.4, -0.2) is 19.5 Å². The summed E-state index contributed by atoms with van der Waals surface area (Å²) in [6, 6.07) is 6.11. The molecule has 0 radical (unpaired) electrons. The van der Waals surface area contributed by atoms with Crippen LogP contribution in [-0.2, 0) is 10.2 Å². The second kappa shape index (κ2) is 3.51. The zero-order valence-electron chi connectivity index (χ0n) is 10.3. The Kier molecular flexibility index (Phi) is 2.41. The van der Waals surface area contributed by atoms with E-state index in [0.29, 0.717) is 6.54 Å². The first-order chi connectivity index (χ1) is 7.41. The van der Waals surface area contributed by atoms with Gasteiger partial charge in [0.15, 0.2) is 0 Å². The van der Waals surface area contributed by atoms with Crippen LogP contribution in [0.4, 0.5) is 11.4 Å². The quantitative estimate of drug-likeness (QED) is 0.725. The van der Waals surface area contributed by atoms with E-state index in [-0.39, 0.29) is 11.3 Å². The van der Waals surface area contributed by atoms with Gasteiger partial charge in [-0.1, -0.05) is 32.9 Å². The Bertz CT molecular complexity index is 432. The third-order valence-electron chi connectivity index (χ3n) is 3.00. The molecule has 1 aliphatic rings. The first kappa shape index (κ1) is 11.0. The van der Waals surface area contributed by atoms with Crippen molar-refractivity contribution in [2.24, 2.45) is 0 Å². The lowest BCUT2D eigenvalue weighted by atomic mass is 9.85. The highest BCUT2D eigenvalue weighted by Crippen LogP contribution is 2.37. The van der Waals surface area contributed by atoms with Crippen molar-refractivity contribution >= 4 is 17.3 Å². The van der Waals surface area contributed by atoms with E-state index < -0.39 is 0 Å². The molecule has 1 aliphatic heterocycles. The van der Waals surface area contributed by atoms with E-state index in [1.165, 1.54) is 5.56 Å². The second-order valence-electron chi connectivity index (χ2n) is 5.26. The molecule has 3 heteroatoms. The number of para-hydroxylation sites is 1. The SMILES string of the molecule is CN1C(=O)CNc2c1cccc2C(C)(C)C. The summed E-state index contributed by atoms with van der Waals surface area (Å²) in [4.78, 5) is 13.3. The fraction of sp³-hybridized carbons (Fsp3) is 0.462. The average Bonchev–Trinajstić information content (AvgIpc) is 2.21. The van der Waals surface area contributed by atoms with Crippen molar-refractivity contribution in [1.82, 2.24) is 0 Å². The molecule has 1 aromatic rings. The smallest absolute Gasteiger partial charge is 0.246 e. The van der Waals surface area contributed by atoms with Crippen molar-refractivity contribution in [3.63, 3.8) is 0 Å². The number of rotatable bonds is 0. The average molecular weight is 218 g/mol. The van der Waals surface area contributed by atoms with Crippen LogP contribution in [0.25, 0.3) is 0 Å². The summed E-state index contributed by atoms with van der Waals surface area (Å²) < 4.78 is 0. The third-order valence-corrected chi connectivity index (χ3v) is 3.00. The van der Waals surface area contributed by atoms with E-state index >= 15 is 0 Å². The van der Waals surface area contributed by atoms with Gasteiger partial charge in [0.25, 0.3) is 0 Å². The number of carbonyl (C=O) groups excluding carboxylic acids is 1. The number of anilines is 2. The van der Waals surface area contributed by atoms with Crippen LogP contribution in [0.15, 0.2) is 18.2 Å². The standard InChI is InChI=1S/C13H18N2O/c1-13(2,3)9-6-5-7-10-12(9)14-8-11(16)15(10)4/h5-7,14H,8H2,1-4H3. The molecule has 3 nitrogen and oxygen atoms in total. The zero-order chi connectivity index (χ0) is 11.9. The van der Waals surface area contributed by atoms with Crippen molar-refractivity contribution in [3.05, 3.63) is 23.8 Å². The fourth-order valence-corrected chi connectivity index (χ4v) is 2.05. The Hall–Kier alpha value is -1.51. The van der Waals surface area contributed by atoms with E-state index in [1.807, 2.05) is 19.2 Å². The molecule has 1 amide bonds. The molecule has 0 saturated carbocycles. The molecule has 1 aromatic carbocycles. The molecule has 86 valence electrons. The highest BCUT2D eigenvalue weighted by atomic mass is 16.2. The molecule has 1 N–H and O–H groups in total. The number of hydrogen-bond donors (Lipinski definition) is 1. The largest absolute Gasteiger partial charge is 0.374 e. The molecule has 2 rings (SSSR count). The summed E-state index contributed by atoms with van der Waals surface area (Å²) in [6.45, 7) is 6.93. The normalized spacial score (nSPS) is 15.8. The van der Waals surface area contributed by atoms with Crippen LogP contribution < -0.4 is 10.2 Å². The van der Waals surface area contributed by atoms with Gasteiger partial charge in [0.05, 0.1) is 17.9 Å². The van der Waals surface area contributed by atoms with Crippen molar-refractivity contribution in [3.8, 4) is 0 Å². The van der Waals surface area contributed by atoms with E-state index in [4.69, 9.17) is 0 Å². The molecule has 0 atom stereocenters. The van der Waals surface area contributed by atoms with Crippen molar-refractivity contribution in [2.75, 3.05) is 23.8 Å². The van der Waals surface area contributed by atoms with Gasteiger partial charge in [-0.15, -0.1) is 0 Å². The molecule has 0 saturated heterocycles. The van der Waals surface area contributed by atoms with Crippen LogP contribution in [0, 0.1) is 0 Å².